The number of hydrogen-bond acceptors (Lipinski definition) is 3. The Hall–Kier alpha value is -1.46. The van der Waals surface area contributed by atoms with E-state index in [9.17, 15) is 4.79 Å². The molecule has 3 aromatic rings. The van der Waals surface area contributed by atoms with Crippen molar-refractivity contribution in [2.24, 2.45) is 0 Å². The smallest absolute Gasteiger partial charge is 0.284 e. The number of fused-ring (bicyclic) bond motifs is 1. The van der Waals surface area contributed by atoms with Crippen LogP contribution in [0.3, 0.4) is 0 Å². The second kappa shape index (κ2) is 4.90. The summed E-state index contributed by atoms with van der Waals surface area (Å²) in [6.45, 7) is 0. The number of aromatic nitrogens is 1. The SMILES string of the molecule is O=c1nc(-c2ccccc2)oc2c(Br)cc(Br)cc12. The minimum Gasteiger partial charge on any atom is -0.436 e. The van der Waals surface area contributed by atoms with Crippen molar-refractivity contribution in [3.05, 3.63) is 61.8 Å². The predicted molar refractivity (Wildman–Crippen MR) is 81.1 cm³/mol. The Labute approximate surface area is 125 Å². The molecule has 3 rings (SSSR count). The molecule has 2 aromatic carbocycles. The molecule has 0 unspecified atom stereocenters. The largest absolute Gasteiger partial charge is 0.436 e. The van der Waals surface area contributed by atoms with E-state index in [-0.39, 0.29) is 5.56 Å². The number of halogens is 2. The Bertz CT molecular complexity index is 813. The maximum atomic E-state index is 12.1. The quantitative estimate of drug-likeness (QED) is 0.629. The zero-order valence-electron chi connectivity index (χ0n) is 9.56. The summed E-state index contributed by atoms with van der Waals surface area (Å²) >= 11 is 6.74. The molecular formula is C14H7Br2NO2. The summed E-state index contributed by atoms with van der Waals surface area (Å²) < 4.78 is 7.25. The second-order valence-corrected chi connectivity index (χ2v) is 5.72. The highest BCUT2D eigenvalue weighted by molar-refractivity contribution is 9.11. The first-order valence-electron chi connectivity index (χ1n) is 5.50. The Morgan fingerprint density at radius 3 is 2.53 bits per heavy atom. The van der Waals surface area contributed by atoms with Gasteiger partial charge in [-0.3, -0.25) is 4.79 Å². The van der Waals surface area contributed by atoms with Gasteiger partial charge in [0, 0.05) is 10.0 Å². The van der Waals surface area contributed by atoms with Gasteiger partial charge in [0.2, 0.25) is 5.89 Å². The Morgan fingerprint density at radius 2 is 1.79 bits per heavy atom. The van der Waals surface area contributed by atoms with Gasteiger partial charge in [-0.15, -0.1) is 0 Å². The van der Waals surface area contributed by atoms with Crippen LogP contribution < -0.4 is 5.56 Å². The standard InChI is InChI=1S/C14H7Br2NO2/c15-9-6-10-12(11(16)7-9)19-14(17-13(10)18)8-4-2-1-3-5-8/h1-7H. The number of benzene rings is 2. The molecular weight excluding hydrogens is 374 g/mol. The zero-order chi connectivity index (χ0) is 13.4. The lowest BCUT2D eigenvalue weighted by Crippen LogP contribution is -2.07. The maximum Gasteiger partial charge on any atom is 0.284 e. The molecule has 0 amide bonds. The van der Waals surface area contributed by atoms with Crippen LogP contribution in [0, 0.1) is 0 Å². The highest BCUT2D eigenvalue weighted by Gasteiger charge is 2.11. The van der Waals surface area contributed by atoms with Gasteiger partial charge in [0.1, 0.15) is 0 Å². The summed E-state index contributed by atoms with van der Waals surface area (Å²) in [6.07, 6.45) is 0. The number of nitrogens with zero attached hydrogens (tertiary/aromatic N) is 1. The van der Waals surface area contributed by atoms with E-state index >= 15 is 0 Å². The van der Waals surface area contributed by atoms with Crippen molar-refractivity contribution >= 4 is 42.8 Å². The van der Waals surface area contributed by atoms with Crippen LogP contribution in [-0.4, -0.2) is 4.98 Å². The first kappa shape index (κ1) is 12.6. The fraction of sp³-hybridized carbons (Fsp3) is 0. The summed E-state index contributed by atoms with van der Waals surface area (Å²) in [5.74, 6) is 0.320. The summed E-state index contributed by atoms with van der Waals surface area (Å²) in [5.41, 5.74) is 0.973. The van der Waals surface area contributed by atoms with Gasteiger partial charge in [0.25, 0.3) is 5.56 Å². The molecule has 0 atom stereocenters. The van der Waals surface area contributed by atoms with Gasteiger partial charge in [0.05, 0.1) is 9.86 Å². The minimum absolute atomic E-state index is 0.304. The first-order valence-corrected chi connectivity index (χ1v) is 7.09. The highest BCUT2D eigenvalue weighted by Crippen LogP contribution is 2.28. The second-order valence-electron chi connectivity index (χ2n) is 3.95. The van der Waals surface area contributed by atoms with Crippen LogP contribution in [0.1, 0.15) is 0 Å². The molecule has 94 valence electrons. The van der Waals surface area contributed by atoms with Crippen LogP contribution in [0.2, 0.25) is 0 Å². The average Bonchev–Trinajstić information content (AvgIpc) is 2.41. The molecule has 0 N–H and O–H groups in total. The highest BCUT2D eigenvalue weighted by atomic mass is 79.9. The molecule has 0 aliphatic heterocycles. The normalized spacial score (nSPS) is 10.8. The summed E-state index contributed by atoms with van der Waals surface area (Å²) in [7, 11) is 0. The molecule has 0 saturated heterocycles. The van der Waals surface area contributed by atoms with Gasteiger partial charge in [-0.2, -0.15) is 4.98 Å². The van der Waals surface area contributed by atoms with E-state index in [1.54, 1.807) is 6.07 Å². The fourth-order valence-corrected chi connectivity index (χ4v) is 3.11. The van der Waals surface area contributed by atoms with Crippen molar-refractivity contribution in [2.45, 2.75) is 0 Å². The van der Waals surface area contributed by atoms with E-state index in [2.05, 4.69) is 36.8 Å². The molecule has 5 heteroatoms. The molecule has 0 aliphatic rings. The Balaban J connectivity index is 2.34. The third kappa shape index (κ3) is 2.35. The molecule has 0 spiro atoms. The van der Waals surface area contributed by atoms with Crippen molar-refractivity contribution in [3.63, 3.8) is 0 Å². The van der Waals surface area contributed by atoms with E-state index in [1.807, 2.05) is 36.4 Å². The molecule has 1 aromatic heterocycles. The monoisotopic (exact) mass is 379 g/mol. The van der Waals surface area contributed by atoms with Crippen molar-refractivity contribution in [1.82, 2.24) is 4.98 Å². The van der Waals surface area contributed by atoms with Crippen molar-refractivity contribution in [2.75, 3.05) is 0 Å². The molecule has 3 nitrogen and oxygen atoms in total. The summed E-state index contributed by atoms with van der Waals surface area (Å²) in [5, 5.41) is 0.445. The summed E-state index contributed by atoms with van der Waals surface area (Å²) in [4.78, 5) is 16.1. The molecule has 0 saturated carbocycles. The maximum absolute atomic E-state index is 12.1. The predicted octanol–water partition coefficient (Wildman–Crippen LogP) is 4.38. The molecule has 0 radical (unpaired) electrons. The zero-order valence-corrected chi connectivity index (χ0v) is 12.7. The van der Waals surface area contributed by atoms with Crippen LogP contribution in [-0.2, 0) is 0 Å². The van der Waals surface area contributed by atoms with E-state index in [4.69, 9.17) is 4.42 Å². The van der Waals surface area contributed by atoms with Crippen molar-refractivity contribution < 1.29 is 4.42 Å². The third-order valence-corrected chi connectivity index (χ3v) is 3.71. The van der Waals surface area contributed by atoms with Crippen LogP contribution >= 0.6 is 31.9 Å². The van der Waals surface area contributed by atoms with Gasteiger partial charge in [-0.1, -0.05) is 34.1 Å². The van der Waals surface area contributed by atoms with Gasteiger partial charge < -0.3 is 4.42 Å². The minimum atomic E-state index is -0.304. The van der Waals surface area contributed by atoms with Gasteiger partial charge >= 0.3 is 0 Å². The van der Waals surface area contributed by atoms with Gasteiger partial charge in [-0.05, 0) is 40.2 Å². The van der Waals surface area contributed by atoms with Gasteiger partial charge in [0.15, 0.2) is 5.58 Å². The lowest BCUT2D eigenvalue weighted by Gasteiger charge is -2.04. The molecule has 1 heterocycles. The van der Waals surface area contributed by atoms with E-state index in [0.29, 0.717) is 21.3 Å². The van der Waals surface area contributed by atoms with Crippen molar-refractivity contribution in [3.8, 4) is 11.5 Å². The fourth-order valence-electron chi connectivity index (χ4n) is 1.80. The third-order valence-electron chi connectivity index (χ3n) is 2.66. The summed E-state index contributed by atoms with van der Waals surface area (Å²) in [6, 6.07) is 12.9. The molecule has 0 aliphatic carbocycles. The van der Waals surface area contributed by atoms with E-state index in [0.717, 1.165) is 10.0 Å². The first-order chi connectivity index (χ1) is 9.15. The number of hydrogen-bond donors (Lipinski definition) is 0. The number of rotatable bonds is 1. The molecule has 19 heavy (non-hydrogen) atoms. The Morgan fingerprint density at radius 1 is 1.05 bits per heavy atom. The van der Waals surface area contributed by atoms with E-state index < -0.39 is 0 Å². The van der Waals surface area contributed by atoms with Crippen LogP contribution in [0.25, 0.3) is 22.4 Å². The van der Waals surface area contributed by atoms with Crippen LogP contribution in [0.4, 0.5) is 0 Å². The van der Waals surface area contributed by atoms with Gasteiger partial charge in [-0.25, -0.2) is 0 Å². The average molecular weight is 381 g/mol. The van der Waals surface area contributed by atoms with Crippen LogP contribution in [0.5, 0.6) is 0 Å². The molecule has 0 fully saturated rings. The Kier molecular flexibility index (Phi) is 3.24. The van der Waals surface area contributed by atoms with E-state index in [1.165, 1.54) is 0 Å². The molecule has 0 bridgehead atoms. The van der Waals surface area contributed by atoms with Crippen molar-refractivity contribution in [1.29, 1.82) is 0 Å². The lowest BCUT2D eigenvalue weighted by atomic mass is 10.2. The lowest BCUT2D eigenvalue weighted by molar-refractivity contribution is 0.593. The topological polar surface area (TPSA) is 43.1 Å². The van der Waals surface area contributed by atoms with Crippen LogP contribution in [0.15, 0.2) is 60.6 Å².